The first kappa shape index (κ1) is 16.3. The Morgan fingerprint density at radius 1 is 1.12 bits per heavy atom. The van der Waals surface area contributed by atoms with Gasteiger partial charge in [-0.25, -0.2) is 14.4 Å². The van der Waals surface area contributed by atoms with Crippen molar-refractivity contribution < 1.29 is 8.91 Å². The van der Waals surface area contributed by atoms with Gasteiger partial charge in [0.2, 0.25) is 5.82 Å². The Balaban J connectivity index is 1.56. The molecule has 0 saturated carbocycles. The molecule has 0 aliphatic rings. The Morgan fingerprint density at radius 2 is 2.04 bits per heavy atom. The average molecular weight is 367 g/mol. The van der Waals surface area contributed by atoms with Crippen LogP contribution in [-0.2, 0) is 6.42 Å². The molecule has 130 valence electrons. The molecule has 1 N–H and O–H groups in total. The third-order valence-corrected chi connectivity index (χ3v) is 4.66. The molecule has 0 unspecified atom stereocenters. The zero-order valence-corrected chi connectivity index (χ0v) is 14.4. The minimum atomic E-state index is -0.404. The van der Waals surface area contributed by atoms with Crippen LogP contribution < -0.4 is 5.32 Å². The van der Waals surface area contributed by atoms with Gasteiger partial charge in [-0.05, 0) is 30.0 Å². The molecule has 4 aromatic rings. The number of thiophene rings is 1. The van der Waals surface area contributed by atoms with Crippen molar-refractivity contribution in [1.29, 1.82) is 0 Å². The van der Waals surface area contributed by atoms with Crippen LogP contribution >= 0.6 is 11.3 Å². The lowest BCUT2D eigenvalue weighted by Gasteiger charge is -2.07. The highest BCUT2D eigenvalue weighted by atomic mass is 32.1. The van der Waals surface area contributed by atoms with E-state index in [2.05, 4.69) is 31.5 Å². The van der Waals surface area contributed by atoms with Gasteiger partial charge in [0.15, 0.2) is 0 Å². The van der Waals surface area contributed by atoms with Gasteiger partial charge in [0.25, 0.3) is 5.89 Å². The molecule has 26 heavy (non-hydrogen) atoms. The molecule has 0 atom stereocenters. The van der Waals surface area contributed by atoms with Crippen LogP contribution in [0.4, 0.5) is 10.2 Å². The first-order chi connectivity index (χ1) is 12.8. The molecular weight excluding hydrogens is 353 g/mol. The van der Waals surface area contributed by atoms with Crippen molar-refractivity contribution in [1.82, 2.24) is 20.1 Å². The van der Waals surface area contributed by atoms with Crippen LogP contribution in [0.25, 0.3) is 22.8 Å². The summed E-state index contributed by atoms with van der Waals surface area (Å²) in [4.78, 5) is 13.9. The number of hydrogen-bond acceptors (Lipinski definition) is 7. The fraction of sp³-hybridized carbons (Fsp3) is 0.111. The first-order valence-corrected chi connectivity index (χ1v) is 8.84. The highest BCUT2D eigenvalue weighted by Gasteiger charge is 2.17. The summed E-state index contributed by atoms with van der Waals surface area (Å²) in [6.07, 6.45) is 3.93. The fourth-order valence-corrected chi connectivity index (χ4v) is 3.18. The minimum Gasteiger partial charge on any atom is -0.369 e. The van der Waals surface area contributed by atoms with E-state index in [0.29, 0.717) is 17.9 Å². The molecular formula is C18H14FN5OS. The highest BCUT2D eigenvalue weighted by molar-refractivity contribution is 7.09. The molecule has 6 nitrogen and oxygen atoms in total. The van der Waals surface area contributed by atoms with Crippen molar-refractivity contribution >= 4 is 17.2 Å². The van der Waals surface area contributed by atoms with E-state index in [4.69, 9.17) is 4.52 Å². The number of anilines is 1. The number of nitrogens with zero attached hydrogens (tertiary/aromatic N) is 4. The van der Waals surface area contributed by atoms with Gasteiger partial charge in [-0.3, -0.25) is 0 Å². The molecule has 1 aromatic carbocycles. The lowest BCUT2D eigenvalue weighted by Crippen LogP contribution is -2.07. The summed E-state index contributed by atoms with van der Waals surface area (Å²) in [6.45, 7) is 0.707. The summed E-state index contributed by atoms with van der Waals surface area (Å²) >= 11 is 1.71. The van der Waals surface area contributed by atoms with Crippen LogP contribution in [0.3, 0.4) is 0 Å². The van der Waals surface area contributed by atoms with Crippen LogP contribution in [-0.4, -0.2) is 26.7 Å². The Kier molecular flexibility index (Phi) is 4.65. The van der Waals surface area contributed by atoms with E-state index in [0.717, 1.165) is 6.42 Å². The Labute approximate surface area is 152 Å². The monoisotopic (exact) mass is 367 g/mol. The molecule has 0 fully saturated rings. The van der Waals surface area contributed by atoms with Gasteiger partial charge in [0, 0.05) is 17.6 Å². The zero-order valence-electron chi connectivity index (χ0n) is 13.6. The molecule has 3 heterocycles. The number of benzene rings is 1. The van der Waals surface area contributed by atoms with Crippen LogP contribution in [0, 0.1) is 5.82 Å². The standard InChI is InChI=1S/C18H14FN5OS/c19-15-6-2-1-5-13(15)17-23-18(25-24-17)14-10-20-11-22-16(14)21-8-7-12-4-3-9-26-12/h1-6,9-11H,7-8H2,(H,20,21,22). The van der Waals surface area contributed by atoms with Crippen molar-refractivity contribution in [2.45, 2.75) is 6.42 Å². The number of rotatable bonds is 6. The maximum Gasteiger partial charge on any atom is 0.263 e. The van der Waals surface area contributed by atoms with E-state index in [-0.39, 0.29) is 17.3 Å². The molecule has 0 saturated heterocycles. The lowest BCUT2D eigenvalue weighted by molar-refractivity contribution is 0.431. The van der Waals surface area contributed by atoms with Gasteiger partial charge in [-0.1, -0.05) is 23.4 Å². The van der Waals surface area contributed by atoms with Gasteiger partial charge in [-0.2, -0.15) is 4.98 Å². The second-order valence-corrected chi connectivity index (χ2v) is 6.48. The lowest BCUT2D eigenvalue weighted by atomic mass is 10.2. The normalized spacial score (nSPS) is 10.8. The van der Waals surface area contributed by atoms with Gasteiger partial charge >= 0.3 is 0 Å². The third-order valence-electron chi connectivity index (χ3n) is 3.73. The SMILES string of the molecule is Fc1ccccc1-c1noc(-c2cncnc2NCCc2cccs2)n1. The molecule has 8 heteroatoms. The molecule has 0 aliphatic heterocycles. The smallest absolute Gasteiger partial charge is 0.263 e. The Morgan fingerprint density at radius 3 is 2.88 bits per heavy atom. The molecule has 0 aliphatic carbocycles. The summed E-state index contributed by atoms with van der Waals surface area (Å²) in [5, 5.41) is 9.19. The van der Waals surface area contributed by atoms with Gasteiger partial charge in [0.05, 0.1) is 5.56 Å². The van der Waals surface area contributed by atoms with Gasteiger partial charge in [0.1, 0.15) is 23.5 Å². The molecule has 0 spiro atoms. The second kappa shape index (κ2) is 7.40. The summed E-state index contributed by atoms with van der Waals surface area (Å²) in [5.41, 5.74) is 0.861. The quantitative estimate of drug-likeness (QED) is 0.554. The van der Waals surface area contributed by atoms with E-state index in [1.807, 2.05) is 11.4 Å². The van der Waals surface area contributed by atoms with Gasteiger partial charge in [-0.15, -0.1) is 11.3 Å². The van der Waals surface area contributed by atoms with Gasteiger partial charge < -0.3 is 9.84 Å². The average Bonchev–Trinajstić information content (AvgIpc) is 3.34. The number of halogens is 1. The topological polar surface area (TPSA) is 76.7 Å². The minimum absolute atomic E-state index is 0.187. The molecule has 3 aromatic heterocycles. The molecule has 0 amide bonds. The Bertz CT molecular complexity index is 1000. The van der Waals surface area contributed by atoms with E-state index in [9.17, 15) is 4.39 Å². The fourth-order valence-electron chi connectivity index (χ4n) is 2.47. The predicted molar refractivity (Wildman–Crippen MR) is 97.2 cm³/mol. The number of nitrogens with one attached hydrogen (secondary N) is 1. The maximum atomic E-state index is 13.9. The Hall–Kier alpha value is -3.13. The van der Waals surface area contributed by atoms with E-state index < -0.39 is 5.82 Å². The van der Waals surface area contributed by atoms with Crippen molar-refractivity contribution in [3.63, 3.8) is 0 Å². The molecule has 4 rings (SSSR count). The van der Waals surface area contributed by atoms with Crippen LogP contribution in [0.2, 0.25) is 0 Å². The van der Waals surface area contributed by atoms with Crippen molar-refractivity contribution in [2.24, 2.45) is 0 Å². The summed E-state index contributed by atoms with van der Waals surface area (Å²) < 4.78 is 19.2. The third kappa shape index (κ3) is 3.45. The van der Waals surface area contributed by atoms with Crippen molar-refractivity contribution in [3.05, 3.63) is 65.0 Å². The number of aromatic nitrogens is 4. The summed E-state index contributed by atoms with van der Waals surface area (Å²) in [6, 6.07) is 10.4. The predicted octanol–water partition coefficient (Wildman–Crippen LogP) is 4.05. The van der Waals surface area contributed by atoms with Crippen LogP contribution in [0.1, 0.15) is 4.88 Å². The second-order valence-electron chi connectivity index (χ2n) is 5.44. The van der Waals surface area contributed by atoms with Crippen molar-refractivity contribution in [3.8, 4) is 22.8 Å². The van der Waals surface area contributed by atoms with Crippen molar-refractivity contribution in [2.75, 3.05) is 11.9 Å². The molecule has 0 bridgehead atoms. The maximum absolute atomic E-state index is 13.9. The summed E-state index contributed by atoms with van der Waals surface area (Å²) in [7, 11) is 0. The highest BCUT2D eigenvalue weighted by Crippen LogP contribution is 2.27. The first-order valence-electron chi connectivity index (χ1n) is 7.96. The van der Waals surface area contributed by atoms with E-state index in [1.54, 1.807) is 35.7 Å². The van der Waals surface area contributed by atoms with Crippen LogP contribution in [0.15, 0.2) is 58.8 Å². The summed E-state index contributed by atoms with van der Waals surface area (Å²) in [5.74, 6) is 0.618. The largest absolute Gasteiger partial charge is 0.369 e. The van der Waals surface area contributed by atoms with E-state index in [1.165, 1.54) is 17.3 Å². The van der Waals surface area contributed by atoms with Crippen LogP contribution in [0.5, 0.6) is 0 Å². The molecule has 0 radical (unpaired) electrons. The van der Waals surface area contributed by atoms with E-state index >= 15 is 0 Å². The number of hydrogen-bond donors (Lipinski definition) is 1. The zero-order chi connectivity index (χ0) is 17.8.